The van der Waals surface area contributed by atoms with Crippen LogP contribution in [-0.4, -0.2) is 26.9 Å². The number of H-pyrrole nitrogens is 1. The van der Waals surface area contributed by atoms with E-state index in [9.17, 15) is 9.18 Å². The van der Waals surface area contributed by atoms with Crippen LogP contribution in [0.2, 0.25) is 0 Å². The van der Waals surface area contributed by atoms with Crippen molar-refractivity contribution in [3.8, 4) is 11.3 Å². The van der Waals surface area contributed by atoms with Gasteiger partial charge in [-0.3, -0.25) is 4.79 Å². The Balaban J connectivity index is 1.71. The van der Waals surface area contributed by atoms with Crippen molar-refractivity contribution in [2.24, 2.45) is 0 Å². The number of benzene rings is 1. The highest BCUT2D eigenvalue weighted by atomic mass is 19.1. The third kappa shape index (κ3) is 2.27. The van der Waals surface area contributed by atoms with Gasteiger partial charge >= 0.3 is 0 Å². The second-order valence-corrected chi connectivity index (χ2v) is 7.07. The fourth-order valence-electron chi connectivity index (χ4n) is 3.48. The van der Waals surface area contributed by atoms with Gasteiger partial charge in [0.05, 0.1) is 39.8 Å². The van der Waals surface area contributed by atoms with Crippen molar-refractivity contribution in [2.45, 2.75) is 38.8 Å². The zero-order chi connectivity index (χ0) is 18.0. The van der Waals surface area contributed by atoms with Gasteiger partial charge in [0.1, 0.15) is 17.2 Å². The minimum atomic E-state index is -0.388. The van der Waals surface area contributed by atoms with Crippen molar-refractivity contribution in [2.75, 3.05) is 5.32 Å². The highest BCUT2D eigenvalue weighted by Gasteiger charge is 2.29. The zero-order valence-corrected chi connectivity index (χ0v) is 14.5. The molecule has 5 rings (SSSR count). The van der Waals surface area contributed by atoms with E-state index in [-0.39, 0.29) is 17.8 Å². The average Bonchev–Trinajstić information content (AvgIpc) is 3.23. The van der Waals surface area contributed by atoms with Crippen LogP contribution in [0.5, 0.6) is 0 Å². The Bertz CT molecular complexity index is 1070. The van der Waals surface area contributed by atoms with Gasteiger partial charge in [0.2, 0.25) is 0 Å². The first kappa shape index (κ1) is 15.3. The number of rotatable bonds is 3. The van der Waals surface area contributed by atoms with Crippen LogP contribution < -0.4 is 10.6 Å². The van der Waals surface area contributed by atoms with Crippen molar-refractivity contribution >= 4 is 22.8 Å². The molecule has 0 saturated heterocycles. The number of carbonyl (C=O) groups excluding carboxylic acids is 1. The minimum Gasteiger partial charge on any atom is -0.366 e. The van der Waals surface area contributed by atoms with Gasteiger partial charge in [0.15, 0.2) is 0 Å². The quantitative estimate of drug-likeness (QED) is 0.675. The number of carbonyl (C=O) groups is 1. The Morgan fingerprint density at radius 1 is 1.27 bits per heavy atom. The molecule has 6 nitrogen and oxygen atoms in total. The molecule has 3 N–H and O–H groups in total. The third-order valence-electron chi connectivity index (χ3n) is 5.02. The minimum absolute atomic E-state index is 0.121. The molecule has 1 aliphatic carbocycles. The molecule has 2 aliphatic rings. The maximum Gasteiger partial charge on any atom is 0.253 e. The Kier molecular flexibility index (Phi) is 3.10. The van der Waals surface area contributed by atoms with E-state index in [4.69, 9.17) is 0 Å². The number of anilines is 1. The molecule has 132 valence electrons. The topological polar surface area (TPSA) is 82.7 Å². The molecule has 1 amide bonds. The summed E-state index contributed by atoms with van der Waals surface area (Å²) in [5, 5.41) is 6.19. The van der Waals surface area contributed by atoms with E-state index in [0.29, 0.717) is 39.7 Å². The van der Waals surface area contributed by atoms with Crippen LogP contribution in [0.4, 0.5) is 10.2 Å². The lowest BCUT2D eigenvalue weighted by Crippen LogP contribution is -2.17. The summed E-state index contributed by atoms with van der Waals surface area (Å²) in [5.74, 6) is 0.159. The van der Waals surface area contributed by atoms with Crippen molar-refractivity contribution in [1.82, 2.24) is 20.3 Å². The lowest BCUT2D eigenvalue weighted by molar-refractivity contribution is 0.0958. The van der Waals surface area contributed by atoms with Crippen molar-refractivity contribution < 1.29 is 9.18 Å². The molecular weight excluding hydrogens is 333 g/mol. The van der Waals surface area contributed by atoms with E-state index in [0.717, 1.165) is 24.2 Å². The monoisotopic (exact) mass is 351 g/mol. The van der Waals surface area contributed by atoms with Gasteiger partial charge in [-0.25, -0.2) is 14.4 Å². The predicted molar refractivity (Wildman–Crippen MR) is 96.5 cm³/mol. The Morgan fingerprint density at radius 2 is 2.08 bits per heavy atom. The Morgan fingerprint density at radius 3 is 2.81 bits per heavy atom. The molecule has 1 aliphatic heterocycles. The number of aromatic amines is 1. The molecular formula is C19H18FN5O. The van der Waals surface area contributed by atoms with E-state index < -0.39 is 0 Å². The maximum absolute atomic E-state index is 14.8. The molecule has 1 atom stereocenters. The smallest absolute Gasteiger partial charge is 0.253 e. The number of fused-ring (bicyclic) bond motifs is 2. The number of aromatic nitrogens is 3. The molecule has 7 heteroatoms. The third-order valence-corrected chi connectivity index (χ3v) is 5.02. The van der Waals surface area contributed by atoms with Crippen LogP contribution in [-0.2, 0) is 0 Å². The first-order chi connectivity index (χ1) is 12.5. The molecule has 1 aromatic carbocycles. The van der Waals surface area contributed by atoms with Crippen LogP contribution in [0.1, 0.15) is 47.6 Å². The first-order valence-electron chi connectivity index (χ1n) is 8.79. The SMILES string of the molecule is Cc1nc2ccc(F)c(-c3cc4c([nH]3)[C@@H](C)NC4=O)c2nc1NC1CC1. The first-order valence-corrected chi connectivity index (χ1v) is 8.79. The van der Waals surface area contributed by atoms with Gasteiger partial charge in [-0.1, -0.05) is 0 Å². The van der Waals surface area contributed by atoms with E-state index in [2.05, 4.69) is 25.6 Å². The normalized spacial score (nSPS) is 18.9. The Hall–Kier alpha value is -2.96. The van der Waals surface area contributed by atoms with Crippen LogP contribution in [0.3, 0.4) is 0 Å². The molecule has 0 spiro atoms. The van der Waals surface area contributed by atoms with Crippen LogP contribution in [0.15, 0.2) is 18.2 Å². The molecule has 2 aromatic heterocycles. The number of hydrogen-bond acceptors (Lipinski definition) is 4. The van der Waals surface area contributed by atoms with E-state index >= 15 is 0 Å². The fraction of sp³-hybridized carbons (Fsp3) is 0.316. The molecule has 1 fully saturated rings. The van der Waals surface area contributed by atoms with Gasteiger partial charge in [-0.05, 0) is 44.9 Å². The zero-order valence-electron chi connectivity index (χ0n) is 14.5. The highest BCUT2D eigenvalue weighted by Crippen LogP contribution is 2.35. The van der Waals surface area contributed by atoms with E-state index in [1.165, 1.54) is 6.07 Å². The lowest BCUT2D eigenvalue weighted by Gasteiger charge is -2.12. The summed E-state index contributed by atoms with van der Waals surface area (Å²) >= 11 is 0. The number of amides is 1. The number of nitrogens with zero attached hydrogens (tertiary/aromatic N) is 2. The predicted octanol–water partition coefficient (Wildman–Crippen LogP) is 3.45. The number of aryl methyl sites for hydroxylation is 1. The lowest BCUT2D eigenvalue weighted by atomic mass is 10.1. The summed E-state index contributed by atoms with van der Waals surface area (Å²) in [6.45, 7) is 3.79. The second-order valence-electron chi connectivity index (χ2n) is 7.07. The second kappa shape index (κ2) is 5.27. The van der Waals surface area contributed by atoms with Crippen LogP contribution in [0.25, 0.3) is 22.3 Å². The average molecular weight is 351 g/mol. The van der Waals surface area contributed by atoms with E-state index in [1.54, 1.807) is 12.1 Å². The molecule has 0 bridgehead atoms. The van der Waals surface area contributed by atoms with Gasteiger partial charge in [0.25, 0.3) is 5.91 Å². The molecule has 3 aromatic rings. The molecule has 3 heterocycles. The van der Waals surface area contributed by atoms with Gasteiger partial charge in [0, 0.05) is 6.04 Å². The largest absolute Gasteiger partial charge is 0.366 e. The van der Waals surface area contributed by atoms with Crippen LogP contribution in [0, 0.1) is 12.7 Å². The van der Waals surface area contributed by atoms with E-state index in [1.807, 2.05) is 13.8 Å². The summed E-state index contributed by atoms with van der Waals surface area (Å²) < 4.78 is 14.8. The molecule has 0 unspecified atom stereocenters. The van der Waals surface area contributed by atoms with Crippen molar-refractivity contribution in [3.05, 3.63) is 41.0 Å². The molecule has 0 radical (unpaired) electrons. The standard InChI is InChI=1S/C19H18FN5O/c1-8-16-11(19(26)22-8)7-14(24-16)15-12(20)5-6-13-17(15)25-18(9(2)21-13)23-10-3-4-10/h5-8,10,24H,3-4H2,1-2H3,(H,22,26)(H,23,25)/t8-/m1/s1. The van der Waals surface area contributed by atoms with Crippen molar-refractivity contribution in [1.29, 1.82) is 0 Å². The maximum atomic E-state index is 14.8. The summed E-state index contributed by atoms with van der Waals surface area (Å²) in [5.41, 5.74) is 4.15. The summed E-state index contributed by atoms with van der Waals surface area (Å²) in [6, 6.07) is 5.04. The van der Waals surface area contributed by atoms with Gasteiger partial charge in [-0.2, -0.15) is 0 Å². The molecule has 1 saturated carbocycles. The fourth-order valence-corrected chi connectivity index (χ4v) is 3.48. The van der Waals surface area contributed by atoms with Gasteiger partial charge in [-0.15, -0.1) is 0 Å². The van der Waals surface area contributed by atoms with Crippen molar-refractivity contribution in [3.63, 3.8) is 0 Å². The molecule has 26 heavy (non-hydrogen) atoms. The summed E-state index contributed by atoms with van der Waals surface area (Å²) in [7, 11) is 0. The number of hydrogen-bond donors (Lipinski definition) is 3. The number of nitrogens with one attached hydrogen (secondary N) is 3. The number of halogens is 1. The summed E-state index contributed by atoms with van der Waals surface area (Å²) in [6.07, 6.45) is 2.23. The Labute approximate surface area is 149 Å². The van der Waals surface area contributed by atoms with Crippen LogP contribution >= 0.6 is 0 Å². The van der Waals surface area contributed by atoms with Gasteiger partial charge < -0.3 is 15.6 Å². The highest BCUT2D eigenvalue weighted by molar-refractivity contribution is 6.01. The summed E-state index contributed by atoms with van der Waals surface area (Å²) in [4.78, 5) is 24.5.